The lowest BCUT2D eigenvalue weighted by molar-refractivity contribution is -0.900. The van der Waals surface area contributed by atoms with Gasteiger partial charge in [-0.1, -0.05) is 0 Å². The van der Waals surface area contributed by atoms with Crippen LogP contribution in [-0.2, 0) is 14.4 Å². The molecule has 0 bridgehead atoms. The van der Waals surface area contributed by atoms with E-state index in [1.807, 2.05) is 0 Å². The predicted molar refractivity (Wildman–Crippen MR) is 52.4 cm³/mol. The molecule has 0 aromatic carbocycles. The molecule has 1 fully saturated rings. The molecule has 1 aliphatic heterocycles. The van der Waals surface area contributed by atoms with Crippen molar-refractivity contribution in [1.29, 1.82) is 0 Å². The Labute approximate surface area is 93.6 Å². The summed E-state index contributed by atoms with van der Waals surface area (Å²) in [6.45, 7) is 1.75. The van der Waals surface area contributed by atoms with E-state index >= 15 is 0 Å². The molecule has 90 valence electrons. The minimum atomic E-state index is -1.29. The predicted octanol–water partition coefficient (Wildman–Crippen LogP) is -3.51. The van der Waals surface area contributed by atoms with Gasteiger partial charge in [-0.3, -0.25) is 9.59 Å². The van der Waals surface area contributed by atoms with Gasteiger partial charge in [-0.15, -0.1) is 0 Å². The van der Waals surface area contributed by atoms with Crippen LogP contribution < -0.4 is 15.3 Å². The normalized spacial score (nSPS) is 17.1. The number of carboxylic acids is 1. The number of aliphatic carboxylic acids is 1. The third kappa shape index (κ3) is 4.88. The molecule has 0 unspecified atom stereocenters. The summed E-state index contributed by atoms with van der Waals surface area (Å²) in [7, 11) is 0. The number of ketones is 1. The number of carbonyl (C=O) groups excluding carboxylic acids is 3. The summed E-state index contributed by atoms with van der Waals surface area (Å²) >= 11 is 0. The zero-order valence-corrected chi connectivity index (χ0v) is 9.08. The first-order valence-corrected chi connectivity index (χ1v) is 5.39. The van der Waals surface area contributed by atoms with Crippen LogP contribution in [0.3, 0.4) is 0 Å². The van der Waals surface area contributed by atoms with Crippen LogP contribution in [0, 0.1) is 0 Å². The molecule has 0 aromatic rings. The van der Waals surface area contributed by atoms with Crippen molar-refractivity contribution >= 4 is 17.7 Å². The first kappa shape index (κ1) is 12.6. The van der Waals surface area contributed by atoms with Crippen molar-refractivity contribution in [2.45, 2.75) is 19.3 Å². The lowest BCUT2D eigenvalue weighted by atomic mass is 10.1. The number of rotatable bonds is 5. The number of nitrogens with one attached hydrogen (secondary N) is 2. The zero-order valence-electron chi connectivity index (χ0n) is 9.08. The maximum atomic E-state index is 11.2. The smallest absolute Gasteiger partial charge is 0.225 e. The van der Waals surface area contributed by atoms with Gasteiger partial charge in [-0.2, -0.15) is 0 Å². The zero-order chi connectivity index (χ0) is 12.0. The maximum Gasteiger partial charge on any atom is 0.225 e. The number of likely N-dealkylation sites (tertiary alicyclic amines) is 1. The van der Waals surface area contributed by atoms with Gasteiger partial charge in [-0.05, 0) is 0 Å². The Morgan fingerprint density at radius 3 is 2.50 bits per heavy atom. The fourth-order valence-corrected chi connectivity index (χ4v) is 1.68. The van der Waals surface area contributed by atoms with E-state index in [1.165, 1.54) is 4.90 Å². The van der Waals surface area contributed by atoms with E-state index < -0.39 is 12.5 Å². The molecule has 2 N–H and O–H groups in total. The Kier molecular flexibility index (Phi) is 4.91. The monoisotopic (exact) mass is 228 g/mol. The molecule has 0 spiro atoms. The van der Waals surface area contributed by atoms with Gasteiger partial charge in [0, 0.05) is 0 Å². The summed E-state index contributed by atoms with van der Waals surface area (Å²) in [6.07, 6.45) is 1.45. The van der Waals surface area contributed by atoms with E-state index in [0.717, 1.165) is 13.1 Å². The first-order chi connectivity index (χ1) is 7.58. The maximum absolute atomic E-state index is 11.2. The average Bonchev–Trinajstić information content (AvgIpc) is 2.25. The number of Topliss-reactive ketones (excluding diaryl/α,β-unsaturated/α-hetero) is 1. The second-order valence-corrected chi connectivity index (χ2v) is 3.94. The number of hydrogen-bond donors (Lipinski definition) is 2. The number of piperidine rings is 1. The van der Waals surface area contributed by atoms with Gasteiger partial charge in [0.1, 0.15) is 5.78 Å². The lowest BCUT2D eigenvalue weighted by Gasteiger charge is -2.22. The Morgan fingerprint density at radius 2 is 1.94 bits per heavy atom. The molecular formula is C10H16N2O4. The second-order valence-electron chi connectivity index (χ2n) is 3.94. The van der Waals surface area contributed by atoms with Crippen LogP contribution in [0.15, 0.2) is 0 Å². The molecule has 1 aliphatic rings. The number of amides is 1. The third-order valence-corrected chi connectivity index (χ3v) is 2.65. The van der Waals surface area contributed by atoms with E-state index in [-0.39, 0.29) is 18.1 Å². The summed E-state index contributed by atoms with van der Waals surface area (Å²) in [4.78, 5) is 33.4. The van der Waals surface area contributed by atoms with Gasteiger partial charge >= 0.3 is 0 Å². The van der Waals surface area contributed by atoms with Crippen molar-refractivity contribution in [1.82, 2.24) is 5.32 Å². The molecule has 0 radical (unpaired) electrons. The van der Waals surface area contributed by atoms with Crippen molar-refractivity contribution in [2.24, 2.45) is 0 Å². The highest BCUT2D eigenvalue weighted by atomic mass is 16.4. The van der Waals surface area contributed by atoms with Crippen LogP contribution in [0.4, 0.5) is 0 Å². The van der Waals surface area contributed by atoms with E-state index in [1.54, 1.807) is 0 Å². The summed E-state index contributed by atoms with van der Waals surface area (Å²) < 4.78 is 0. The number of hydrogen-bond acceptors (Lipinski definition) is 4. The number of carbonyl (C=O) groups is 3. The molecule has 0 atom stereocenters. The summed E-state index contributed by atoms with van der Waals surface area (Å²) in [6, 6.07) is 0. The quantitative estimate of drug-likeness (QED) is 0.510. The van der Waals surface area contributed by atoms with Crippen molar-refractivity contribution < 1.29 is 24.4 Å². The number of quaternary nitrogens is 1. The van der Waals surface area contributed by atoms with Crippen molar-refractivity contribution in [3.05, 3.63) is 0 Å². The highest BCUT2D eigenvalue weighted by Gasteiger charge is 2.19. The van der Waals surface area contributed by atoms with Crippen molar-refractivity contribution in [2.75, 3.05) is 26.2 Å². The van der Waals surface area contributed by atoms with E-state index in [0.29, 0.717) is 19.4 Å². The van der Waals surface area contributed by atoms with Gasteiger partial charge in [-0.25, -0.2) is 0 Å². The summed E-state index contributed by atoms with van der Waals surface area (Å²) in [5.74, 6) is -1.29. The third-order valence-electron chi connectivity index (χ3n) is 2.65. The molecule has 1 saturated heterocycles. The first-order valence-electron chi connectivity index (χ1n) is 5.39. The highest BCUT2D eigenvalue weighted by molar-refractivity contribution is 5.80. The molecule has 6 nitrogen and oxygen atoms in total. The van der Waals surface area contributed by atoms with Crippen LogP contribution in [0.5, 0.6) is 0 Å². The van der Waals surface area contributed by atoms with Gasteiger partial charge in [0.2, 0.25) is 5.91 Å². The SMILES string of the molecule is O=C([O-])CNC(=O)CC[NH+]1CCC(=O)CC1. The minimum Gasteiger partial charge on any atom is -0.548 e. The van der Waals surface area contributed by atoms with Crippen LogP contribution in [0.1, 0.15) is 19.3 Å². The summed E-state index contributed by atoms with van der Waals surface area (Å²) in [5, 5.41) is 12.3. The fourth-order valence-electron chi connectivity index (χ4n) is 1.68. The largest absolute Gasteiger partial charge is 0.548 e. The number of carboxylic acid groups (broad SMARTS) is 1. The minimum absolute atomic E-state index is 0.283. The van der Waals surface area contributed by atoms with Crippen LogP contribution >= 0.6 is 0 Å². The Morgan fingerprint density at radius 1 is 1.31 bits per heavy atom. The Balaban J connectivity index is 2.12. The second kappa shape index (κ2) is 6.22. The van der Waals surface area contributed by atoms with Gasteiger partial charge in [0.15, 0.2) is 0 Å². The van der Waals surface area contributed by atoms with Gasteiger partial charge < -0.3 is 20.1 Å². The fraction of sp³-hybridized carbons (Fsp3) is 0.700. The lowest BCUT2D eigenvalue weighted by Crippen LogP contribution is -3.13. The molecule has 0 saturated carbocycles. The molecule has 6 heteroatoms. The summed E-state index contributed by atoms with van der Waals surface area (Å²) in [5.41, 5.74) is 0. The Hall–Kier alpha value is -1.43. The highest BCUT2D eigenvalue weighted by Crippen LogP contribution is 1.90. The van der Waals surface area contributed by atoms with Gasteiger partial charge in [0.25, 0.3) is 0 Å². The topological polar surface area (TPSA) is 90.7 Å². The molecule has 16 heavy (non-hydrogen) atoms. The van der Waals surface area contributed by atoms with E-state index in [9.17, 15) is 19.5 Å². The van der Waals surface area contributed by atoms with Crippen LogP contribution in [0.25, 0.3) is 0 Å². The van der Waals surface area contributed by atoms with E-state index in [2.05, 4.69) is 5.32 Å². The van der Waals surface area contributed by atoms with Gasteiger partial charge in [0.05, 0.1) is 51.4 Å². The molecular weight excluding hydrogens is 212 g/mol. The molecule has 1 rings (SSSR count). The van der Waals surface area contributed by atoms with E-state index in [4.69, 9.17) is 0 Å². The molecule has 1 amide bonds. The molecule has 1 heterocycles. The Bertz CT molecular complexity index is 281. The van der Waals surface area contributed by atoms with Crippen molar-refractivity contribution in [3.8, 4) is 0 Å². The molecule has 0 aromatic heterocycles. The van der Waals surface area contributed by atoms with Crippen LogP contribution in [0.2, 0.25) is 0 Å². The average molecular weight is 228 g/mol. The van der Waals surface area contributed by atoms with Crippen LogP contribution in [-0.4, -0.2) is 43.8 Å². The standard InChI is InChI=1S/C10H16N2O4/c13-8-1-4-12(5-2-8)6-3-9(14)11-7-10(15)16/h1-7H2,(H,11,14)(H,15,16). The molecule has 0 aliphatic carbocycles. The van der Waals surface area contributed by atoms with Crippen molar-refractivity contribution in [3.63, 3.8) is 0 Å².